The highest BCUT2D eigenvalue weighted by Gasteiger charge is 2.40. The van der Waals surface area contributed by atoms with Gasteiger partial charge in [0.15, 0.2) is 0 Å². The van der Waals surface area contributed by atoms with Crippen molar-refractivity contribution in [3.05, 3.63) is 23.5 Å². The Kier molecular flexibility index (Phi) is 4.56. The highest BCUT2D eigenvalue weighted by molar-refractivity contribution is 5.72. The van der Waals surface area contributed by atoms with E-state index in [2.05, 4.69) is 19.9 Å². The lowest BCUT2D eigenvalue weighted by molar-refractivity contribution is -0.157. The Balaban J connectivity index is 2.20. The molecule has 0 unspecified atom stereocenters. The second kappa shape index (κ2) is 6.02. The third-order valence-electron chi connectivity index (χ3n) is 5.00. The maximum Gasteiger partial charge on any atom is 0.308 e. The fourth-order valence-electron chi connectivity index (χ4n) is 3.17. The van der Waals surface area contributed by atoms with Crippen LogP contribution in [-0.4, -0.2) is 17.2 Å². The van der Waals surface area contributed by atoms with Crippen molar-refractivity contribution in [2.45, 2.75) is 53.1 Å². The van der Waals surface area contributed by atoms with E-state index in [4.69, 9.17) is 4.74 Å². The quantitative estimate of drug-likeness (QED) is 0.793. The van der Waals surface area contributed by atoms with E-state index < -0.39 is 0 Å². The minimum Gasteiger partial charge on any atom is -0.512 e. The van der Waals surface area contributed by atoms with E-state index in [0.717, 1.165) is 18.4 Å². The van der Waals surface area contributed by atoms with Crippen LogP contribution in [0.5, 0.6) is 0 Å². The summed E-state index contributed by atoms with van der Waals surface area (Å²) in [7, 11) is 0. The molecule has 112 valence electrons. The summed E-state index contributed by atoms with van der Waals surface area (Å²) < 4.78 is 5.72. The van der Waals surface area contributed by atoms with Crippen LogP contribution in [-0.2, 0) is 9.53 Å². The van der Waals surface area contributed by atoms with E-state index in [1.807, 2.05) is 19.9 Å². The maximum absolute atomic E-state index is 12.1. The van der Waals surface area contributed by atoms with Crippen molar-refractivity contribution in [2.24, 2.45) is 23.7 Å². The molecule has 3 nitrogen and oxygen atoms in total. The first kappa shape index (κ1) is 15.1. The minimum absolute atomic E-state index is 0.0770. The third-order valence-corrected chi connectivity index (χ3v) is 5.00. The average molecular weight is 278 g/mol. The Bertz CT molecular complexity index is 436. The van der Waals surface area contributed by atoms with Crippen LogP contribution in [0, 0.1) is 23.7 Å². The molecule has 2 aliphatic rings. The molecule has 20 heavy (non-hydrogen) atoms. The van der Waals surface area contributed by atoms with Crippen LogP contribution in [0.2, 0.25) is 0 Å². The molecule has 2 rings (SSSR count). The Hall–Kier alpha value is -1.25. The lowest BCUT2D eigenvalue weighted by atomic mass is 9.68. The zero-order valence-corrected chi connectivity index (χ0v) is 12.9. The van der Waals surface area contributed by atoms with Crippen LogP contribution in [0.1, 0.15) is 47.0 Å². The second-order valence-corrected chi connectivity index (χ2v) is 6.43. The van der Waals surface area contributed by atoms with Crippen LogP contribution < -0.4 is 0 Å². The molecule has 0 bridgehead atoms. The van der Waals surface area contributed by atoms with Gasteiger partial charge in [0.1, 0.15) is 6.10 Å². The molecule has 0 saturated heterocycles. The monoisotopic (exact) mass is 278 g/mol. The summed E-state index contributed by atoms with van der Waals surface area (Å²) in [5.74, 6) is 1.39. The zero-order chi connectivity index (χ0) is 14.9. The number of allylic oxidation sites excluding steroid dienone is 2. The van der Waals surface area contributed by atoms with Crippen LogP contribution in [0.4, 0.5) is 0 Å². The summed E-state index contributed by atoms with van der Waals surface area (Å²) in [4.78, 5) is 12.1. The van der Waals surface area contributed by atoms with Gasteiger partial charge in [0, 0.05) is 12.3 Å². The highest BCUT2D eigenvalue weighted by atomic mass is 16.5. The molecule has 0 radical (unpaired) electrons. The fraction of sp³-hybridized carbons (Fsp3) is 0.706. The van der Waals surface area contributed by atoms with Gasteiger partial charge >= 0.3 is 5.97 Å². The van der Waals surface area contributed by atoms with Crippen molar-refractivity contribution in [2.75, 3.05) is 0 Å². The van der Waals surface area contributed by atoms with Crippen molar-refractivity contribution >= 4 is 5.97 Å². The van der Waals surface area contributed by atoms with E-state index in [0.29, 0.717) is 24.0 Å². The molecule has 2 aliphatic carbocycles. The molecule has 5 atom stereocenters. The first-order valence-corrected chi connectivity index (χ1v) is 7.74. The molecule has 1 N–H and O–H groups in total. The molecule has 0 heterocycles. The standard InChI is InChI=1S/C17H26O3/c1-5-10(2)17(19)20-15-9-14(18)8-13-7-6-11(3)12(4)16(13)15/h7-8,10-12,15-16,18H,5-6,9H2,1-4H3/t10-,11-,12-,15-,16+/m0/s1. The van der Waals surface area contributed by atoms with Gasteiger partial charge in [-0.3, -0.25) is 4.79 Å². The van der Waals surface area contributed by atoms with Gasteiger partial charge in [0.05, 0.1) is 11.7 Å². The fourth-order valence-corrected chi connectivity index (χ4v) is 3.17. The highest BCUT2D eigenvalue weighted by Crippen LogP contribution is 2.42. The van der Waals surface area contributed by atoms with Crippen molar-refractivity contribution < 1.29 is 14.6 Å². The average Bonchev–Trinajstić information content (AvgIpc) is 2.41. The molecule has 0 fully saturated rings. The molecular formula is C17H26O3. The molecule has 0 amide bonds. The van der Waals surface area contributed by atoms with Gasteiger partial charge in [-0.1, -0.05) is 33.8 Å². The van der Waals surface area contributed by atoms with Crippen molar-refractivity contribution in [1.82, 2.24) is 0 Å². The molecule has 0 aromatic carbocycles. The number of ether oxygens (including phenoxy) is 1. The number of aliphatic hydroxyl groups is 1. The Morgan fingerprint density at radius 2 is 2.20 bits per heavy atom. The molecule has 0 spiro atoms. The Morgan fingerprint density at radius 1 is 1.50 bits per heavy atom. The lowest BCUT2D eigenvalue weighted by Gasteiger charge is -2.40. The topological polar surface area (TPSA) is 46.5 Å². The van der Waals surface area contributed by atoms with Gasteiger partial charge in [-0.2, -0.15) is 0 Å². The largest absolute Gasteiger partial charge is 0.512 e. The molecular weight excluding hydrogens is 252 g/mol. The van der Waals surface area contributed by atoms with Gasteiger partial charge in [0.25, 0.3) is 0 Å². The number of rotatable bonds is 3. The van der Waals surface area contributed by atoms with Crippen LogP contribution >= 0.6 is 0 Å². The van der Waals surface area contributed by atoms with Gasteiger partial charge < -0.3 is 9.84 Å². The first-order valence-electron chi connectivity index (χ1n) is 7.74. The second-order valence-electron chi connectivity index (χ2n) is 6.43. The summed E-state index contributed by atoms with van der Waals surface area (Å²) in [6, 6.07) is 0. The SMILES string of the molecule is CC[C@H](C)C(=O)O[C@H]1CC(O)=CC2=CC[C@H](C)[C@H](C)[C@H]21. The van der Waals surface area contributed by atoms with Crippen molar-refractivity contribution in [1.29, 1.82) is 0 Å². The summed E-state index contributed by atoms with van der Waals surface area (Å²) in [6.07, 6.45) is 6.09. The number of aliphatic hydroxyl groups excluding tert-OH is 1. The Labute approximate surface area is 121 Å². The van der Waals surface area contributed by atoms with Gasteiger partial charge in [-0.25, -0.2) is 0 Å². The normalized spacial score (nSPS) is 34.6. The molecule has 0 aromatic rings. The van der Waals surface area contributed by atoms with Gasteiger partial charge in [-0.05, 0) is 36.3 Å². The van der Waals surface area contributed by atoms with E-state index in [1.165, 1.54) is 0 Å². The van der Waals surface area contributed by atoms with Crippen LogP contribution in [0.25, 0.3) is 0 Å². The molecule has 0 aliphatic heterocycles. The number of hydrogen-bond donors (Lipinski definition) is 1. The maximum atomic E-state index is 12.1. The smallest absolute Gasteiger partial charge is 0.308 e. The van der Waals surface area contributed by atoms with E-state index in [1.54, 1.807) is 0 Å². The van der Waals surface area contributed by atoms with E-state index in [9.17, 15) is 9.90 Å². The zero-order valence-electron chi connectivity index (χ0n) is 12.9. The predicted octanol–water partition coefficient (Wildman–Crippen LogP) is 4.01. The number of carbonyl (C=O) groups excluding carboxylic acids is 1. The number of fused-ring (bicyclic) bond motifs is 1. The summed E-state index contributed by atoms with van der Waals surface area (Å²) in [6.45, 7) is 8.34. The lowest BCUT2D eigenvalue weighted by Crippen LogP contribution is -2.39. The van der Waals surface area contributed by atoms with Crippen LogP contribution in [0.15, 0.2) is 23.5 Å². The molecule has 0 aromatic heterocycles. The van der Waals surface area contributed by atoms with Crippen LogP contribution in [0.3, 0.4) is 0 Å². The molecule has 0 saturated carbocycles. The van der Waals surface area contributed by atoms with E-state index in [-0.39, 0.29) is 23.9 Å². The minimum atomic E-state index is -0.217. The summed E-state index contributed by atoms with van der Waals surface area (Å²) >= 11 is 0. The van der Waals surface area contributed by atoms with Gasteiger partial charge in [-0.15, -0.1) is 0 Å². The summed E-state index contributed by atoms with van der Waals surface area (Å²) in [5, 5.41) is 9.91. The predicted molar refractivity (Wildman–Crippen MR) is 79.2 cm³/mol. The Morgan fingerprint density at radius 3 is 2.85 bits per heavy atom. The number of carbonyl (C=O) groups is 1. The van der Waals surface area contributed by atoms with Crippen molar-refractivity contribution in [3.8, 4) is 0 Å². The van der Waals surface area contributed by atoms with Gasteiger partial charge in [0.2, 0.25) is 0 Å². The number of esters is 1. The third kappa shape index (κ3) is 2.92. The molecule has 3 heteroatoms. The summed E-state index contributed by atoms with van der Waals surface area (Å²) in [5.41, 5.74) is 1.14. The first-order chi connectivity index (χ1) is 9.43. The van der Waals surface area contributed by atoms with E-state index >= 15 is 0 Å². The van der Waals surface area contributed by atoms with Crippen molar-refractivity contribution in [3.63, 3.8) is 0 Å². The number of hydrogen-bond acceptors (Lipinski definition) is 3.